The number of hydrogen-bond acceptors (Lipinski definition) is 3. The van der Waals surface area contributed by atoms with Gasteiger partial charge in [0.1, 0.15) is 0 Å². The van der Waals surface area contributed by atoms with Gasteiger partial charge in [0.2, 0.25) is 0 Å². The Hall–Kier alpha value is -0.0900. The number of aliphatic hydroxyl groups is 1. The fourth-order valence-corrected chi connectivity index (χ4v) is 1.19. The van der Waals surface area contributed by atoms with Crippen LogP contribution in [0, 0.1) is 5.92 Å². The molecule has 0 fully saturated rings. The molecule has 1 unspecified atom stereocenters. The molecule has 3 nitrogen and oxygen atoms in total. The van der Waals surface area contributed by atoms with E-state index in [2.05, 4.69) is 15.9 Å². The lowest BCUT2D eigenvalue weighted by atomic mass is 10.1. The molecule has 0 amide bonds. The Morgan fingerprint density at radius 1 is 1.67 bits per heavy atom. The highest BCUT2D eigenvalue weighted by atomic mass is 79.9. The molecule has 0 aromatic carbocycles. The highest BCUT2D eigenvalue weighted by molar-refractivity contribution is 9.09. The van der Waals surface area contributed by atoms with E-state index in [0.29, 0.717) is 13.0 Å². The number of esters is 1. The van der Waals surface area contributed by atoms with Crippen molar-refractivity contribution in [1.29, 1.82) is 0 Å². The minimum atomic E-state index is -0.345. The summed E-state index contributed by atoms with van der Waals surface area (Å²) in [5.41, 5.74) is 0. The predicted molar refractivity (Wildman–Crippen MR) is 50.2 cm³/mol. The van der Waals surface area contributed by atoms with Crippen LogP contribution in [-0.4, -0.2) is 29.6 Å². The summed E-state index contributed by atoms with van der Waals surface area (Å²) in [5.74, 6) is -0.636. The zero-order valence-electron chi connectivity index (χ0n) is 7.25. The number of halogens is 1. The maximum Gasteiger partial charge on any atom is 0.311 e. The smallest absolute Gasteiger partial charge is 0.311 e. The van der Waals surface area contributed by atoms with E-state index >= 15 is 0 Å². The van der Waals surface area contributed by atoms with E-state index in [1.165, 1.54) is 0 Å². The van der Waals surface area contributed by atoms with Crippen molar-refractivity contribution in [3.05, 3.63) is 0 Å². The molecule has 0 rings (SSSR count). The Balaban J connectivity index is 3.71. The van der Waals surface area contributed by atoms with Crippen molar-refractivity contribution >= 4 is 21.9 Å². The highest BCUT2D eigenvalue weighted by Gasteiger charge is 2.17. The van der Waals surface area contributed by atoms with Crippen molar-refractivity contribution in [1.82, 2.24) is 0 Å². The Kier molecular flexibility index (Phi) is 7.50. The van der Waals surface area contributed by atoms with Crippen LogP contribution >= 0.6 is 15.9 Å². The van der Waals surface area contributed by atoms with Gasteiger partial charge >= 0.3 is 5.97 Å². The van der Waals surface area contributed by atoms with E-state index in [9.17, 15) is 4.79 Å². The van der Waals surface area contributed by atoms with Crippen LogP contribution in [0.2, 0.25) is 0 Å². The molecule has 1 atom stereocenters. The van der Waals surface area contributed by atoms with E-state index in [1.54, 1.807) is 6.92 Å². The first kappa shape index (κ1) is 11.9. The van der Waals surface area contributed by atoms with E-state index in [-0.39, 0.29) is 18.5 Å². The van der Waals surface area contributed by atoms with Gasteiger partial charge in [-0.25, -0.2) is 0 Å². The fourth-order valence-electron chi connectivity index (χ4n) is 0.867. The molecule has 1 N–H and O–H groups in total. The lowest BCUT2D eigenvalue weighted by Crippen LogP contribution is -2.21. The summed E-state index contributed by atoms with van der Waals surface area (Å²) >= 11 is 3.26. The molecule has 72 valence electrons. The minimum Gasteiger partial charge on any atom is -0.466 e. The molecule has 0 bridgehead atoms. The molecule has 0 saturated carbocycles. The monoisotopic (exact) mass is 238 g/mol. The Morgan fingerprint density at radius 2 is 2.33 bits per heavy atom. The lowest BCUT2D eigenvalue weighted by Gasteiger charge is -2.11. The first-order chi connectivity index (χ1) is 5.76. The first-order valence-corrected chi connectivity index (χ1v) is 5.21. The van der Waals surface area contributed by atoms with Crippen molar-refractivity contribution in [3.63, 3.8) is 0 Å². The summed E-state index contributed by atoms with van der Waals surface area (Å²) in [5, 5.41) is 9.68. The molecule has 0 spiro atoms. The predicted octanol–water partition coefficient (Wildman–Crippen LogP) is 1.33. The molecule has 0 heterocycles. The number of rotatable bonds is 6. The number of alkyl halides is 1. The molecular weight excluding hydrogens is 224 g/mol. The number of carbonyl (C=O) groups excluding carboxylic acids is 1. The summed E-state index contributed by atoms with van der Waals surface area (Å²) < 4.78 is 4.78. The zero-order valence-corrected chi connectivity index (χ0v) is 8.84. The molecule has 0 aromatic heterocycles. The normalized spacial score (nSPS) is 12.6. The van der Waals surface area contributed by atoms with Gasteiger partial charge in [-0.3, -0.25) is 4.79 Å². The number of aliphatic hydroxyl groups excluding tert-OH is 1. The molecule has 0 radical (unpaired) electrons. The van der Waals surface area contributed by atoms with Gasteiger partial charge in [0.25, 0.3) is 0 Å². The van der Waals surface area contributed by atoms with Gasteiger partial charge in [-0.05, 0) is 19.8 Å². The lowest BCUT2D eigenvalue weighted by molar-refractivity contribution is -0.149. The van der Waals surface area contributed by atoms with Crippen LogP contribution in [0.1, 0.15) is 19.8 Å². The molecule has 12 heavy (non-hydrogen) atoms. The average molecular weight is 239 g/mol. The first-order valence-electron chi connectivity index (χ1n) is 4.09. The van der Waals surface area contributed by atoms with Gasteiger partial charge in [-0.15, -0.1) is 0 Å². The Morgan fingerprint density at radius 3 is 2.75 bits per heavy atom. The maximum atomic E-state index is 11.1. The van der Waals surface area contributed by atoms with Crippen LogP contribution in [0.4, 0.5) is 0 Å². The van der Waals surface area contributed by atoms with Crippen LogP contribution < -0.4 is 0 Å². The quantitative estimate of drug-likeness (QED) is 0.562. The third-order valence-corrected chi connectivity index (χ3v) is 2.09. The van der Waals surface area contributed by atoms with E-state index in [4.69, 9.17) is 9.84 Å². The standard InChI is InChI=1S/C8H15BrO3/c1-2-12-8(11)7(6-10)4-3-5-9/h7,10H,2-6H2,1H3. The summed E-state index contributed by atoms with van der Waals surface area (Å²) in [7, 11) is 0. The van der Waals surface area contributed by atoms with Crippen molar-refractivity contribution < 1.29 is 14.6 Å². The summed E-state index contributed by atoms with van der Waals surface area (Å²) in [6.45, 7) is 2.02. The molecule has 0 aliphatic carbocycles. The summed E-state index contributed by atoms with van der Waals surface area (Å²) in [4.78, 5) is 11.1. The highest BCUT2D eigenvalue weighted by Crippen LogP contribution is 2.09. The van der Waals surface area contributed by atoms with Crippen LogP contribution in [0.5, 0.6) is 0 Å². The van der Waals surface area contributed by atoms with Gasteiger partial charge in [0, 0.05) is 5.33 Å². The molecule has 0 saturated heterocycles. The number of hydrogen-bond donors (Lipinski definition) is 1. The van der Waals surface area contributed by atoms with Crippen LogP contribution in [0.15, 0.2) is 0 Å². The van der Waals surface area contributed by atoms with Crippen LogP contribution in [0.3, 0.4) is 0 Å². The molecule has 0 aliphatic heterocycles. The van der Waals surface area contributed by atoms with Crippen molar-refractivity contribution in [2.75, 3.05) is 18.5 Å². The molecule has 0 aromatic rings. The SMILES string of the molecule is CCOC(=O)C(CO)CCCBr. The Bertz CT molecular complexity index is 127. The van der Waals surface area contributed by atoms with Gasteiger partial charge in [0.05, 0.1) is 19.1 Å². The van der Waals surface area contributed by atoms with Gasteiger partial charge < -0.3 is 9.84 Å². The average Bonchev–Trinajstić information content (AvgIpc) is 2.06. The zero-order chi connectivity index (χ0) is 9.40. The third kappa shape index (κ3) is 4.72. The molecule has 0 aliphatic rings. The van der Waals surface area contributed by atoms with Gasteiger partial charge in [0.15, 0.2) is 0 Å². The van der Waals surface area contributed by atoms with E-state index < -0.39 is 0 Å². The minimum absolute atomic E-state index is 0.119. The topological polar surface area (TPSA) is 46.5 Å². The van der Waals surface area contributed by atoms with Crippen LogP contribution in [0.25, 0.3) is 0 Å². The fraction of sp³-hybridized carbons (Fsp3) is 0.875. The van der Waals surface area contributed by atoms with Crippen molar-refractivity contribution in [2.45, 2.75) is 19.8 Å². The Labute approximate surface area is 81.2 Å². The third-order valence-electron chi connectivity index (χ3n) is 1.53. The van der Waals surface area contributed by atoms with E-state index in [0.717, 1.165) is 11.8 Å². The number of carbonyl (C=O) groups is 1. The molecular formula is C8H15BrO3. The van der Waals surface area contributed by atoms with Crippen molar-refractivity contribution in [3.8, 4) is 0 Å². The van der Waals surface area contributed by atoms with E-state index in [1.807, 2.05) is 0 Å². The van der Waals surface area contributed by atoms with Gasteiger partial charge in [-0.1, -0.05) is 15.9 Å². The van der Waals surface area contributed by atoms with Crippen molar-refractivity contribution in [2.24, 2.45) is 5.92 Å². The second-order valence-electron chi connectivity index (χ2n) is 2.46. The summed E-state index contributed by atoms with van der Waals surface area (Å²) in [6.07, 6.45) is 1.56. The van der Waals surface area contributed by atoms with Gasteiger partial charge in [-0.2, -0.15) is 0 Å². The second-order valence-corrected chi connectivity index (χ2v) is 3.26. The van der Waals surface area contributed by atoms with Crippen LogP contribution in [-0.2, 0) is 9.53 Å². The summed E-state index contributed by atoms with van der Waals surface area (Å²) in [6, 6.07) is 0. The molecule has 4 heteroatoms. The number of ether oxygens (including phenoxy) is 1. The second kappa shape index (κ2) is 7.55. The maximum absolute atomic E-state index is 11.1. The largest absolute Gasteiger partial charge is 0.466 e.